The predicted octanol–water partition coefficient (Wildman–Crippen LogP) is 0.440. The lowest BCUT2D eigenvalue weighted by atomic mass is 10.3. The summed E-state index contributed by atoms with van der Waals surface area (Å²) in [6.45, 7) is 3.63. The molecule has 0 bridgehead atoms. The summed E-state index contributed by atoms with van der Waals surface area (Å²) >= 11 is 0. The van der Waals surface area contributed by atoms with E-state index in [1.165, 1.54) is 7.11 Å². The van der Waals surface area contributed by atoms with Crippen LogP contribution in [0.25, 0.3) is 0 Å². The van der Waals surface area contributed by atoms with E-state index in [1.54, 1.807) is 19.2 Å². The summed E-state index contributed by atoms with van der Waals surface area (Å²) in [5, 5.41) is 0. The van der Waals surface area contributed by atoms with E-state index in [0.29, 0.717) is 38.6 Å². The van der Waals surface area contributed by atoms with Crippen LogP contribution < -0.4 is 4.57 Å². The highest BCUT2D eigenvalue weighted by molar-refractivity contribution is 5.88. The minimum Gasteiger partial charge on any atom is -0.465 e. The van der Waals surface area contributed by atoms with Crippen molar-refractivity contribution >= 4 is 5.97 Å². The maximum Gasteiger partial charge on any atom is 0.338 e. The standard InChI is InChI=1S/C14H22NO5/c1-17-9-10-20-12-11-19-8-7-15-5-3-13(4-6-15)14(16)18-2/h3-6H,7-12H2,1-2H3/q+1. The third kappa shape index (κ3) is 6.60. The number of pyridine rings is 1. The maximum atomic E-state index is 11.3. The summed E-state index contributed by atoms with van der Waals surface area (Å²) < 4.78 is 22.1. The molecule has 1 heterocycles. The van der Waals surface area contributed by atoms with Crippen molar-refractivity contribution in [3.8, 4) is 0 Å². The lowest BCUT2D eigenvalue weighted by Crippen LogP contribution is -2.35. The van der Waals surface area contributed by atoms with Crippen LogP contribution in [0.5, 0.6) is 0 Å². The largest absolute Gasteiger partial charge is 0.465 e. The Kier molecular flexibility index (Phi) is 8.53. The minimum absolute atomic E-state index is 0.332. The number of carbonyl (C=O) groups excluding carboxylic acids is 1. The van der Waals surface area contributed by atoms with Crippen LogP contribution >= 0.6 is 0 Å². The van der Waals surface area contributed by atoms with E-state index in [4.69, 9.17) is 14.2 Å². The third-order valence-electron chi connectivity index (χ3n) is 2.61. The van der Waals surface area contributed by atoms with Gasteiger partial charge in [-0.1, -0.05) is 0 Å². The van der Waals surface area contributed by atoms with E-state index in [9.17, 15) is 4.79 Å². The number of nitrogens with zero attached hydrogens (tertiary/aromatic N) is 1. The fourth-order valence-electron chi connectivity index (χ4n) is 1.49. The summed E-state index contributed by atoms with van der Waals surface area (Å²) in [6.07, 6.45) is 3.65. The average molecular weight is 284 g/mol. The predicted molar refractivity (Wildman–Crippen MR) is 71.5 cm³/mol. The molecule has 1 aromatic rings. The molecule has 0 saturated carbocycles. The van der Waals surface area contributed by atoms with E-state index in [-0.39, 0.29) is 5.97 Å². The van der Waals surface area contributed by atoms with Gasteiger partial charge < -0.3 is 18.9 Å². The first-order chi connectivity index (χ1) is 9.77. The Morgan fingerprint density at radius 3 is 2.20 bits per heavy atom. The molecule has 0 amide bonds. The van der Waals surface area contributed by atoms with Crippen molar-refractivity contribution in [3.05, 3.63) is 30.1 Å². The molecule has 0 aliphatic carbocycles. The van der Waals surface area contributed by atoms with Crippen LogP contribution in [0, 0.1) is 0 Å². The monoisotopic (exact) mass is 284 g/mol. The van der Waals surface area contributed by atoms with Crippen LogP contribution in [0.3, 0.4) is 0 Å². The first-order valence-electron chi connectivity index (χ1n) is 6.49. The summed E-state index contributed by atoms with van der Waals surface area (Å²) in [5.41, 5.74) is 0.538. The Bertz CT molecular complexity index is 380. The van der Waals surface area contributed by atoms with Gasteiger partial charge in [-0.05, 0) is 0 Å². The molecular formula is C14H22NO5+. The molecule has 0 saturated heterocycles. The Balaban J connectivity index is 2.11. The molecule has 6 heteroatoms. The molecule has 1 rings (SSSR count). The van der Waals surface area contributed by atoms with E-state index in [0.717, 1.165) is 6.54 Å². The lowest BCUT2D eigenvalue weighted by molar-refractivity contribution is -0.698. The van der Waals surface area contributed by atoms with E-state index in [2.05, 4.69) is 4.74 Å². The Labute approximate surface area is 119 Å². The van der Waals surface area contributed by atoms with Crippen molar-refractivity contribution in [2.45, 2.75) is 6.54 Å². The molecule has 0 unspecified atom stereocenters. The third-order valence-corrected chi connectivity index (χ3v) is 2.61. The zero-order valence-corrected chi connectivity index (χ0v) is 12.0. The van der Waals surface area contributed by atoms with E-state index >= 15 is 0 Å². The molecule has 0 aliphatic heterocycles. The van der Waals surface area contributed by atoms with Gasteiger partial charge in [0, 0.05) is 19.2 Å². The maximum absolute atomic E-state index is 11.3. The second kappa shape index (κ2) is 10.3. The summed E-state index contributed by atoms with van der Waals surface area (Å²) in [5.74, 6) is -0.332. The van der Waals surface area contributed by atoms with Crippen molar-refractivity contribution in [3.63, 3.8) is 0 Å². The van der Waals surface area contributed by atoms with Gasteiger partial charge in [-0.2, -0.15) is 0 Å². The first kappa shape index (κ1) is 16.6. The number of hydrogen-bond acceptors (Lipinski definition) is 5. The number of carbonyl (C=O) groups is 1. The van der Waals surface area contributed by atoms with Crippen LogP contribution in [0.4, 0.5) is 0 Å². The first-order valence-corrected chi connectivity index (χ1v) is 6.49. The second-order valence-electron chi connectivity index (χ2n) is 4.03. The van der Waals surface area contributed by atoms with Crippen molar-refractivity contribution in [2.75, 3.05) is 47.3 Å². The van der Waals surface area contributed by atoms with Crippen molar-refractivity contribution in [2.24, 2.45) is 0 Å². The molecule has 0 atom stereocenters. The molecule has 0 radical (unpaired) electrons. The van der Waals surface area contributed by atoms with Crippen LogP contribution in [0.15, 0.2) is 24.5 Å². The lowest BCUT2D eigenvalue weighted by Gasteiger charge is -2.04. The van der Waals surface area contributed by atoms with Crippen LogP contribution in [-0.2, 0) is 25.5 Å². The van der Waals surface area contributed by atoms with Gasteiger partial charge in [0.05, 0.1) is 39.1 Å². The molecule has 112 valence electrons. The summed E-state index contributed by atoms with van der Waals surface area (Å²) in [4.78, 5) is 11.3. The second-order valence-corrected chi connectivity index (χ2v) is 4.03. The van der Waals surface area contributed by atoms with Crippen molar-refractivity contribution < 1.29 is 28.3 Å². The summed E-state index contributed by atoms with van der Waals surface area (Å²) in [7, 11) is 3.01. The zero-order chi connectivity index (χ0) is 14.6. The van der Waals surface area contributed by atoms with Crippen LogP contribution in [0.1, 0.15) is 10.4 Å². The van der Waals surface area contributed by atoms with E-state index < -0.39 is 0 Å². The smallest absolute Gasteiger partial charge is 0.338 e. The molecule has 20 heavy (non-hydrogen) atoms. The highest BCUT2D eigenvalue weighted by Gasteiger charge is 2.07. The van der Waals surface area contributed by atoms with Gasteiger partial charge in [0.25, 0.3) is 0 Å². The van der Waals surface area contributed by atoms with E-state index in [1.807, 2.05) is 17.0 Å². The molecule has 1 aromatic heterocycles. The van der Waals surface area contributed by atoms with Gasteiger partial charge in [-0.25, -0.2) is 9.36 Å². The topological polar surface area (TPSA) is 57.9 Å². The molecule has 0 fully saturated rings. The van der Waals surface area contributed by atoms with Gasteiger partial charge in [0.2, 0.25) is 0 Å². The van der Waals surface area contributed by atoms with Crippen molar-refractivity contribution in [1.82, 2.24) is 0 Å². The SMILES string of the molecule is COCCOCCOCC[n+]1ccc(C(=O)OC)cc1. The molecule has 0 aromatic carbocycles. The minimum atomic E-state index is -0.332. The summed E-state index contributed by atoms with van der Waals surface area (Å²) in [6, 6.07) is 3.44. The Hall–Kier alpha value is -1.50. The van der Waals surface area contributed by atoms with Crippen LogP contribution in [0.2, 0.25) is 0 Å². The fourth-order valence-corrected chi connectivity index (χ4v) is 1.49. The average Bonchev–Trinajstić information content (AvgIpc) is 2.50. The Morgan fingerprint density at radius 2 is 1.60 bits per heavy atom. The highest BCUT2D eigenvalue weighted by atomic mass is 16.5. The molecule has 0 spiro atoms. The Morgan fingerprint density at radius 1 is 1.00 bits per heavy atom. The van der Waals surface area contributed by atoms with Gasteiger partial charge in [-0.3, -0.25) is 0 Å². The normalized spacial score (nSPS) is 10.5. The molecule has 6 nitrogen and oxygen atoms in total. The fraction of sp³-hybridized carbons (Fsp3) is 0.571. The number of methoxy groups -OCH3 is 2. The zero-order valence-electron chi connectivity index (χ0n) is 12.0. The number of aromatic nitrogens is 1. The number of esters is 1. The molecule has 0 N–H and O–H groups in total. The van der Waals surface area contributed by atoms with Gasteiger partial charge in [0.15, 0.2) is 18.9 Å². The van der Waals surface area contributed by atoms with Crippen LogP contribution in [-0.4, -0.2) is 53.2 Å². The number of hydrogen-bond donors (Lipinski definition) is 0. The number of ether oxygens (including phenoxy) is 4. The molecular weight excluding hydrogens is 262 g/mol. The molecule has 0 aliphatic rings. The highest BCUT2D eigenvalue weighted by Crippen LogP contribution is 1.96. The quantitative estimate of drug-likeness (QED) is 0.354. The van der Waals surface area contributed by atoms with Gasteiger partial charge in [-0.15, -0.1) is 0 Å². The van der Waals surface area contributed by atoms with Gasteiger partial charge >= 0.3 is 5.97 Å². The van der Waals surface area contributed by atoms with Crippen molar-refractivity contribution in [1.29, 1.82) is 0 Å². The number of rotatable bonds is 10. The van der Waals surface area contributed by atoms with Gasteiger partial charge in [0.1, 0.15) is 6.61 Å².